The molecule has 0 atom stereocenters. The molecule has 112 valence electrons. The van der Waals surface area contributed by atoms with Crippen LogP contribution >= 0.6 is 34.9 Å². The van der Waals surface area contributed by atoms with Gasteiger partial charge in [-0.15, -0.1) is 20.4 Å². The van der Waals surface area contributed by atoms with Crippen molar-refractivity contribution in [2.24, 2.45) is 0 Å². The number of hydrogen-bond donors (Lipinski definition) is 2. The Bertz CT molecular complexity index is 685. The minimum atomic E-state index is -0.307. The standard InChI is InChI=1S/C10H12N6O2S3/c1-3-19-10-16-15-9(21-10)11-6(17)4-20-8-12-7(18)5(2)13-14-8/h3-4H2,1-2H3,(H,11,15,17)(H,12,14,18). The van der Waals surface area contributed by atoms with Crippen molar-refractivity contribution >= 4 is 45.9 Å². The highest BCUT2D eigenvalue weighted by atomic mass is 32.2. The van der Waals surface area contributed by atoms with E-state index in [0.29, 0.717) is 16.0 Å². The maximum Gasteiger partial charge on any atom is 0.273 e. The van der Waals surface area contributed by atoms with Gasteiger partial charge in [0.1, 0.15) is 5.69 Å². The summed E-state index contributed by atoms with van der Waals surface area (Å²) >= 11 is 3.99. The first-order valence-corrected chi connectivity index (χ1v) is 8.69. The minimum Gasteiger partial charge on any atom is -0.300 e. The summed E-state index contributed by atoms with van der Waals surface area (Å²) in [5.74, 6) is 0.758. The largest absolute Gasteiger partial charge is 0.300 e. The van der Waals surface area contributed by atoms with E-state index in [4.69, 9.17) is 0 Å². The third-order valence-corrected chi connectivity index (χ3v) is 4.82. The molecule has 0 aromatic carbocycles. The van der Waals surface area contributed by atoms with Crippen molar-refractivity contribution in [2.45, 2.75) is 23.3 Å². The maximum absolute atomic E-state index is 11.8. The lowest BCUT2D eigenvalue weighted by Gasteiger charge is -2.00. The zero-order valence-corrected chi connectivity index (χ0v) is 13.7. The van der Waals surface area contributed by atoms with Crippen molar-refractivity contribution in [3.05, 3.63) is 16.0 Å². The van der Waals surface area contributed by atoms with Gasteiger partial charge in [0, 0.05) is 0 Å². The number of nitrogens with zero attached hydrogens (tertiary/aromatic N) is 4. The summed E-state index contributed by atoms with van der Waals surface area (Å²) in [7, 11) is 0. The Morgan fingerprint density at radius 2 is 2.10 bits per heavy atom. The highest BCUT2D eigenvalue weighted by Crippen LogP contribution is 2.25. The van der Waals surface area contributed by atoms with E-state index in [1.807, 2.05) is 6.92 Å². The Labute approximate surface area is 132 Å². The lowest BCUT2D eigenvalue weighted by Crippen LogP contribution is -2.17. The van der Waals surface area contributed by atoms with Gasteiger partial charge in [-0.3, -0.25) is 19.9 Å². The van der Waals surface area contributed by atoms with Gasteiger partial charge in [-0.2, -0.15) is 0 Å². The smallest absolute Gasteiger partial charge is 0.273 e. The van der Waals surface area contributed by atoms with Crippen LogP contribution in [0.3, 0.4) is 0 Å². The van der Waals surface area contributed by atoms with Gasteiger partial charge in [-0.25, -0.2) is 0 Å². The second kappa shape index (κ2) is 7.52. The summed E-state index contributed by atoms with van der Waals surface area (Å²) in [5.41, 5.74) is -0.0168. The normalized spacial score (nSPS) is 10.6. The molecule has 2 aromatic rings. The van der Waals surface area contributed by atoms with Gasteiger partial charge in [0.05, 0.1) is 5.75 Å². The lowest BCUT2D eigenvalue weighted by molar-refractivity contribution is -0.113. The SMILES string of the molecule is CCSc1nnc(NC(=O)CSc2nnc(C)c(=O)[nH]2)s1. The van der Waals surface area contributed by atoms with Crippen LogP contribution < -0.4 is 10.9 Å². The molecular formula is C10H12N6O2S3. The highest BCUT2D eigenvalue weighted by molar-refractivity contribution is 8.01. The Balaban J connectivity index is 1.86. The molecule has 0 saturated heterocycles. The number of aryl methyl sites for hydroxylation is 1. The Morgan fingerprint density at radius 3 is 2.81 bits per heavy atom. The first-order valence-electron chi connectivity index (χ1n) is 5.91. The highest BCUT2D eigenvalue weighted by Gasteiger charge is 2.10. The lowest BCUT2D eigenvalue weighted by atomic mass is 10.5. The van der Waals surface area contributed by atoms with Gasteiger partial charge in [0.15, 0.2) is 9.50 Å². The molecule has 0 unspecified atom stereocenters. The van der Waals surface area contributed by atoms with E-state index in [-0.39, 0.29) is 17.2 Å². The first kappa shape index (κ1) is 15.9. The molecule has 0 radical (unpaired) electrons. The molecule has 8 nitrogen and oxygen atoms in total. The fourth-order valence-corrected chi connectivity index (χ4v) is 3.44. The monoisotopic (exact) mass is 344 g/mol. The number of thioether (sulfide) groups is 2. The average Bonchev–Trinajstić information content (AvgIpc) is 2.88. The van der Waals surface area contributed by atoms with E-state index in [1.165, 1.54) is 11.3 Å². The molecule has 1 amide bonds. The van der Waals surface area contributed by atoms with Crippen molar-refractivity contribution < 1.29 is 4.79 Å². The molecule has 0 saturated carbocycles. The zero-order chi connectivity index (χ0) is 15.2. The molecule has 2 rings (SSSR count). The van der Waals surface area contributed by atoms with Gasteiger partial charge in [-0.05, 0) is 12.7 Å². The van der Waals surface area contributed by atoms with Crippen LogP contribution in [-0.4, -0.2) is 42.8 Å². The van der Waals surface area contributed by atoms with Crippen LogP contribution in [0.4, 0.5) is 5.13 Å². The summed E-state index contributed by atoms with van der Waals surface area (Å²) in [6.45, 7) is 3.58. The van der Waals surface area contributed by atoms with E-state index < -0.39 is 0 Å². The summed E-state index contributed by atoms with van der Waals surface area (Å²) in [6.07, 6.45) is 0. The summed E-state index contributed by atoms with van der Waals surface area (Å²) in [6, 6.07) is 0. The average molecular weight is 344 g/mol. The van der Waals surface area contributed by atoms with Crippen molar-refractivity contribution in [1.29, 1.82) is 0 Å². The van der Waals surface area contributed by atoms with E-state index in [9.17, 15) is 9.59 Å². The quantitative estimate of drug-likeness (QED) is 0.593. The predicted molar refractivity (Wildman–Crippen MR) is 83.1 cm³/mol. The van der Waals surface area contributed by atoms with Crippen LogP contribution in [0.2, 0.25) is 0 Å². The summed E-state index contributed by atoms with van der Waals surface area (Å²) in [5, 5.41) is 18.7. The number of hydrogen-bond acceptors (Lipinski definition) is 9. The molecule has 21 heavy (non-hydrogen) atoms. The molecule has 2 heterocycles. The predicted octanol–water partition coefficient (Wildman–Crippen LogP) is 1.17. The van der Waals surface area contributed by atoms with Gasteiger partial charge in [0.2, 0.25) is 11.0 Å². The molecule has 0 spiro atoms. The summed E-state index contributed by atoms with van der Waals surface area (Å²) < 4.78 is 0.814. The van der Waals surface area contributed by atoms with Crippen LogP contribution in [0.5, 0.6) is 0 Å². The number of nitrogens with one attached hydrogen (secondary N) is 2. The maximum atomic E-state index is 11.8. The Hall–Kier alpha value is -1.46. The van der Waals surface area contributed by atoms with Crippen molar-refractivity contribution in [3.63, 3.8) is 0 Å². The van der Waals surface area contributed by atoms with Crippen LogP contribution in [0.1, 0.15) is 12.6 Å². The van der Waals surface area contributed by atoms with Crippen LogP contribution in [0.25, 0.3) is 0 Å². The van der Waals surface area contributed by atoms with Crippen LogP contribution in [-0.2, 0) is 4.79 Å². The van der Waals surface area contributed by atoms with Crippen LogP contribution in [0, 0.1) is 6.92 Å². The van der Waals surface area contributed by atoms with Crippen molar-refractivity contribution in [3.8, 4) is 0 Å². The molecular weight excluding hydrogens is 332 g/mol. The van der Waals surface area contributed by atoms with Gasteiger partial charge >= 0.3 is 0 Å². The van der Waals surface area contributed by atoms with Crippen LogP contribution in [0.15, 0.2) is 14.3 Å². The van der Waals surface area contributed by atoms with E-state index in [0.717, 1.165) is 21.9 Å². The third kappa shape index (κ3) is 4.79. The van der Waals surface area contributed by atoms with Gasteiger partial charge in [-0.1, -0.05) is 41.8 Å². The number of aromatic amines is 1. The second-order valence-corrected chi connectivity index (χ2v) is 7.14. The van der Waals surface area contributed by atoms with Gasteiger partial charge in [0.25, 0.3) is 5.56 Å². The second-order valence-electron chi connectivity index (χ2n) is 3.69. The van der Waals surface area contributed by atoms with E-state index in [1.54, 1.807) is 18.7 Å². The first-order chi connectivity index (χ1) is 10.1. The molecule has 0 aliphatic heterocycles. The van der Waals surface area contributed by atoms with E-state index >= 15 is 0 Å². The minimum absolute atomic E-state index is 0.101. The number of anilines is 1. The van der Waals surface area contributed by atoms with E-state index in [2.05, 4.69) is 30.7 Å². The number of amides is 1. The zero-order valence-electron chi connectivity index (χ0n) is 11.2. The molecule has 2 N–H and O–H groups in total. The third-order valence-electron chi connectivity index (χ3n) is 2.10. The Morgan fingerprint density at radius 1 is 1.29 bits per heavy atom. The fourth-order valence-electron chi connectivity index (χ4n) is 1.17. The molecule has 11 heteroatoms. The van der Waals surface area contributed by atoms with Crippen molar-refractivity contribution in [2.75, 3.05) is 16.8 Å². The number of rotatable bonds is 6. The number of carbonyl (C=O) groups is 1. The molecule has 0 aliphatic carbocycles. The van der Waals surface area contributed by atoms with Crippen molar-refractivity contribution in [1.82, 2.24) is 25.4 Å². The number of carbonyl (C=O) groups excluding carboxylic acids is 1. The molecule has 0 fully saturated rings. The Kier molecular flexibility index (Phi) is 5.70. The summed E-state index contributed by atoms with van der Waals surface area (Å²) in [4.78, 5) is 25.7. The molecule has 0 bridgehead atoms. The topological polar surface area (TPSA) is 114 Å². The number of H-pyrrole nitrogens is 1. The molecule has 2 aromatic heterocycles. The molecule has 0 aliphatic rings. The van der Waals surface area contributed by atoms with Gasteiger partial charge < -0.3 is 0 Å². The fraction of sp³-hybridized carbons (Fsp3) is 0.400. The number of aromatic nitrogens is 5.